The summed E-state index contributed by atoms with van der Waals surface area (Å²) in [6.45, 7) is 1.95. The molecule has 0 saturated heterocycles. The van der Waals surface area contributed by atoms with Crippen LogP contribution in [0.1, 0.15) is 17.3 Å². The summed E-state index contributed by atoms with van der Waals surface area (Å²) in [6.07, 6.45) is 0. The molecule has 6 heteroatoms. The van der Waals surface area contributed by atoms with E-state index in [9.17, 15) is 14.0 Å². The van der Waals surface area contributed by atoms with Gasteiger partial charge in [0.2, 0.25) is 5.91 Å². The van der Waals surface area contributed by atoms with E-state index in [1.807, 2.05) is 0 Å². The van der Waals surface area contributed by atoms with Crippen molar-refractivity contribution in [2.45, 2.75) is 11.8 Å². The maximum atomic E-state index is 13.6. The van der Waals surface area contributed by atoms with Gasteiger partial charge in [0.15, 0.2) is 0 Å². The first-order valence-corrected chi connectivity index (χ1v) is 5.92. The summed E-state index contributed by atoms with van der Waals surface area (Å²) in [5, 5.41) is 2.42. The van der Waals surface area contributed by atoms with Crippen LogP contribution in [0.3, 0.4) is 0 Å². The first kappa shape index (κ1) is 14.5. The van der Waals surface area contributed by atoms with Gasteiger partial charge >= 0.3 is 0 Å². The minimum atomic E-state index is -0.617. The Kier molecular flexibility index (Phi) is 5.15. The van der Waals surface area contributed by atoms with Crippen molar-refractivity contribution < 1.29 is 14.0 Å². The summed E-state index contributed by atoms with van der Waals surface area (Å²) in [6, 6.07) is 4.00. The topological polar surface area (TPSA) is 49.4 Å². The molecular formula is C12H15FN2O2S. The average molecular weight is 270 g/mol. The smallest absolute Gasteiger partial charge is 0.257 e. The lowest BCUT2D eigenvalue weighted by atomic mass is 10.2. The van der Waals surface area contributed by atoms with Crippen LogP contribution in [0, 0.1) is 5.82 Å². The normalized spacial score (nSPS) is 10.0. The van der Waals surface area contributed by atoms with Gasteiger partial charge in [-0.3, -0.25) is 9.59 Å². The number of nitrogens with one attached hydrogen (secondary N) is 1. The van der Waals surface area contributed by atoms with Crippen molar-refractivity contribution in [2.75, 3.05) is 20.1 Å². The molecule has 0 fully saturated rings. The molecule has 0 saturated carbocycles. The molecule has 1 N–H and O–H groups in total. The number of rotatable bonds is 4. The zero-order chi connectivity index (χ0) is 13.7. The number of thiol groups is 1. The third kappa shape index (κ3) is 3.46. The monoisotopic (exact) mass is 270 g/mol. The fourth-order valence-corrected chi connectivity index (χ4v) is 1.63. The second kappa shape index (κ2) is 6.39. The lowest BCUT2D eigenvalue weighted by Crippen LogP contribution is -2.39. The molecule has 0 spiro atoms. The Morgan fingerprint density at radius 1 is 1.44 bits per heavy atom. The zero-order valence-electron chi connectivity index (χ0n) is 10.2. The van der Waals surface area contributed by atoms with Crippen LogP contribution in [0.15, 0.2) is 23.1 Å². The molecule has 0 aliphatic heterocycles. The molecule has 4 nitrogen and oxygen atoms in total. The van der Waals surface area contributed by atoms with E-state index in [4.69, 9.17) is 0 Å². The van der Waals surface area contributed by atoms with Crippen LogP contribution in [0.25, 0.3) is 0 Å². The Balaban J connectivity index is 2.96. The number of carbonyl (C=O) groups excluding carboxylic acids is 2. The third-order valence-corrected chi connectivity index (χ3v) is 2.74. The van der Waals surface area contributed by atoms with E-state index in [1.165, 1.54) is 30.1 Å². The number of likely N-dealkylation sites (N-methyl/N-ethyl adjacent to an activating group) is 2. The first-order chi connectivity index (χ1) is 8.49. The minimum absolute atomic E-state index is 0.0757. The number of hydrogen-bond donors (Lipinski definition) is 2. The standard InChI is InChI=1S/C12H15FN2O2S/c1-3-15(7-11(16)14-2)12(17)9-6-8(18)4-5-10(9)13/h4-6,18H,3,7H2,1-2H3,(H,14,16). The molecule has 0 atom stereocenters. The molecule has 2 amide bonds. The van der Waals surface area contributed by atoms with Crippen molar-refractivity contribution in [1.82, 2.24) is 10.2 Å². The summed E-state index contributed by atoms with van der Waals surface area (Å²) in [5.41, 5.74) is -0.0757. The quantitative estimate of drug-likeness (QED) is 0.811. The predicted octanol–water partition coefficient (Wildman–Crippen LogP) is 1.32. The summed E-state index contributed by atoms with van der Waals surface area (Å²) in [7, 11) is 1.48. The van der Waals surface area contributed by atoms with Crippen molar-refractivity contribution in [3.63, 3.8) is 0 Å². The van der Waals surface area contributed by atoms with Gasteiger partial charge in [0, 0.05) is 18.5 Å². The van der Waals surface area contributed by atoms with E-state index >= 15 is 0 Å². The Bertz CT molecular complexity index is 465. The van der Waals surface area contributed by atoms with Gasteiger partial charge < -0.3 is 10.2 Å². The lowest BCUT2D eigenvalue weighted by molar-refractivity contribution is -0.121. The van der Waals surface area contributed by atoms with Gasteiger partial charge in [-0.25, -0.2) is 4.39 Å². The molecule has 0 heterocycles. The highest BCUT2D eigenvalue weighted by atomic mass is 32.1. The van der Waals surface area contributed by atoms with Crippen LogP contribution >= 0.6 is 12.6 Å². The van der Waals surface area contributed by atoms with Crippen LogP contribution in [-0.4, -0.2) is 36.9 Å². The number of carbonyl (C=O) groups is 2. The second-order valence-electron chi connectivity index (χ2n) is 3.66. The van der Waals surface area contributed by atoms with E-state index in [0.717, 1.165) is 0 Å². The Morgan fingerprint density at radius 2 is 2.11 bits per heavy atom. The van der Waals surface area contributed by atoms with Crippen molar-refractivity contribution >= 4 is 24.4 Å². The molecule has 0 aliphatic carbocycles. The van der Waals surface area contributed by atoms with Gasteiger partial charge in [-0.05, 0) is 25.1 Å². The molecule has 0 bridgehead atoms. The zero-order valence-corrected chi connectivity index (χ0v) is 11.1. The Hall–Kier alpha value is -1.56. The molecule has 18 heavy (non-hydrogen) atoms. The lowest BCUT2D eigenvalue weighted by Gasteiger charge is -2.20. The van der Waals surface area contributed by atoms with Crippen LogP contribution in [0.4, 0.5) is 4.39 Å². The number of amides is 2. The number of benzene rings is 1. The molecule has 98 valence electrons. The largest absolute Gasteiger partial charge is 0.358 e. The predicted molar refractivity (Wildman–Crippen MR) is 69.3 cm³/mol. The van der Waals surface area contributed by atoms with Gasteiger partial charge in [-0.1, -0.05) is 0 Å². The summed E-state index contributed by atoms with van der Waals surface area (Å²) in [4.78, 5) is 25.1. The molecule has 1 rings (SSSR count). The van der Waals surface area contributed by atoms with E-state index < -0.39 is 11.7 Å². The van der Waals surface area contributed by atoms with E-state index in [-0.39, 0.29) is 18.0 Å². The van der Waals surface area contributed by atoms with Gasteiger partial charge in [0.1, 0.15) is 5.82 Å². The first-order valence-electron chi connectivity index (χ1n) is 5.48. The number of hydrogen-bond acceptors (Lipinski definition) is 3. The van der Waals surface area contributed by atoms with Gasteiger partial charge in [-0.15, -0.1) is 12.6 Å². The molecule has 0 unspecified atom stereocenters. The van der Waals surface area contributed by atoms with E-state index in [1.54, 1.807) is 6.92 Å². The highest BCUT2D eigenvalue weighted by molar-refractivity contribution is 7.80. The Morgan fingerprint density at radius 3 is 2.67 bits per heavy atom. The number of halogens is 1. The van der Waals surface area contributed by atoms with E-state index in [2.05, 4.69) is 17.9 Å². The van der Waals surface area contributed by atoms with Crippen molar-refractivity contribution in [3.05, 3.63) is 29.6 Å². The molecule has 1 aromatic carbocycles. The fourth-order valence-electron chi connectivity index (χ4n) is 1.43. The van der Waals surface area contributed by atoms with Crippen molar-refractivity contribution in [2.24, 2.45) is 0 Å². The maximum Gasteiger partial charge on any atom is 0.257 e. The van der Waals surface area contributed by atoms with Crippen molar-refractivity contribution in [3.8, 4) is 0 Å². The van der Waals surface area contributed by atoms with Crippen LogP contribution in [0.2, 0.25) is 0 Å². The third-order valence-electron chi connectivity index (χ3n) is 2.46. The minimum Gasteiger partial charge on any atom is -0.358 e. The van der Waals surface area contributed by atoms with Gasteiger partial charge in [-0.2, -0.15) is 0 Å². The summed E-state index contributed by atoms with van der Waals surface area (Å²) < 4.78 is 13.6. The molecule has 0 radical (unpaired) electrons. The fraction of sp³-hybridized carbons (Fsp3) is 0.333. The van der Waals surface area contributed by atoms with Crippen LogP contribution in [0.5, 0.6) is 0 Å². The molecule has 0 aromatic heterocycles. The highest BCUT2D eigenvalue weighted by Crippen LogP contribution is 2.15. The molecular weight excluding hydrogens is 255 g/mol. The molecule has 1 aromatic rings. The Labute approximate surface area is 111 Å². The van der Waals surface area contributed by atoms with Gasteiger partial charge in [0.25, 0.3) is 5.91 Å². The van der Waals surface area contributed by atoms with Crippen molar-refractivity contribution in [1.29, 1.82) is 0 Å². The average Bonchev–Trinajstić information content (AvgIpc) is 2.37. The van der Waals surface area contributed by atoms with Gasteiger partial charge in [0.05, 0.1) is 12.1 Å². The van der Waals surface area contributed by atoms with Crippen LogP contribution in [-0.2, 0) is 4.79 Å². The molecule has 0 aliphatic rings. The SMILES string of the molecule is CCN(CC(=O)NC)C(=O)c1cc(S)ccc1F. The van der Waals surface area contributed by atoms with Crippen LogP contribution < -0.4 is 5.32 Å². The highest BCUT2D eigenvalue weighted by Gasteiger charge is 2.20. The maximum absolute atomic E-state index is 13.6. The van der Waals surface area contributed by atoms with E-state index in [0.29, 0.717) is 11.4 Å². The second-order valence-corrected chi connectivity index (χ2v) is 4.17. The summed E-state index contributed by atoms with van der Waals surface area (Å²) >= 11 is 4.07. The summed E-state index contributed by atoms with van der Waals surface area (Å²) in [5.74, 6) is -1.43. The number of nitrogens with zero attached hydrogens (tertiary/aromatic N) is 1.